The van der Waals surface area contributed by atoms with Gasteiger partial charge in [0.1, 0.15) is 5.52 Å². The van der Waals surface area contributed by atoms with Gasteiger partial charge in [0, 0.05) is 31.4 Å². The molecule has 0 atom stereocenters. The monoisotopic (exact) mass is 244 g/mol. The number of likely N-dealkylation sites (N-methyl/N-ethyl adjacent to an activating group) is 1. The Balaban J connectivity index is 2.01. The zero-order chi connectivity index (χ0) is 12.5. The summed E-state index contributed by atoms with van der Waals surface area (Å²) in [6.07, 6.45) is 1.83. The van der Waals surface area contributed by atoms with Crippen LogP contribution in [0.4, 0.5) is 5.69 Å². The number of ether oxygens (including phenoxy) is 1. The number of nitrogens with one attached hydrogen (secondary N) is 1. The maximum absolute atomic E-state index is 5.18. The molecule has 5 nitrogen and oxygen atoms in total. The van der Waals surface area contributed by atoms with Gasteiger partial charge >= 0.3 is 0 Å². The molecule has 0 bridgehead atoms. The van der Waals surface area contributed by atoms with Gasteiger partial charge in [0.05, 0.1) is 18.3 Å². The summed E-state index contributed by atoms with van der Waals surface area (Å²) >= 11 is 0. The van der Waals surface area contributed by atoms with Crippen LogP contribution < -0.4 is 15.0 Å². The second-order valence-corrected chi connectivity index (χ2v) is 4.44. The molecule has 1 aliphatic rings. The molecule has 18 heavy (non-hydrogen) atoms. The molecule has 0 spiro atoms. The van der Waals surface area contributed by atoms with Crippen molar-refractivity contribution in [2.45, 2.75) is 6.04 Å². The predicted molar refractivity (Wildman–Crippen MR) is 71.2 cm³/mol. The van der Waals surface area contributed by atoms with E-state index >= 15 is 0 Å². The Morgan fingerprint density at radius 3 is 2.89 bits per heavy atom. The van der Waals surface area contributed by atoms with E-state index in [0.717, 1.165) is 29.8 Å². The fourth-order valence-electron chi connectivity index (χ4n) is 2.22. The minimum Gasteiger partial charge on any atom is -0.481 e. The maximum atomic E-state index is 5.18. The zero-order valence-electron chi connectivity index (χ0n) is 10.6. The number of fused-ring (bicyclic) bond motifs is 1. The SMILES string of the molecule is CNC1CN(c2ccnc3ccc(OC)nc23)C1. The third-order valence-electron chi connectivity index (χ3n) is 3.38. The van der Waals surface area contributed by atoms with E-state index in [2.05, 4.69) is 20.2 Å². The molecule has 0 amide bonds. The highest BCUT2D eigenvalue weighted by atomic mass is 16.5. The third-order valence-corrected chi connectivity index (χ3v) is 3.38. The van der Waals surface area contributed by atoms with Gasteiger partial charge in [-0.3, -0.25) is 4.98 Å². The lowest BCUT2D eigenvalue weighted by Crippen LogP contribution is -2.57. The van der Waals surface area contributed by atoms with Crippen LogP contribution in [0.25, 0.3) is 11.0 Å². The smallest absolute Gasteiger partial charge is 0.213 e. The molecule has 0 aliphatic carbocycles. The van der Waals surface area contributed by atoms with Crippen LogP contribution in [0.3, 0.4) is 0 Å². The third kappa shape index (κ3) is 1.76. The summed E-state index contributed by atoms with van der Waals surface area (Å²) in [6.45, 7) is 2.02. The van der Waals surface area contributed by atoms with Gasteiger partial charge in [-0.05, 0) is 19.2 Å². The fraction of sp³-hybridized carbons (Fsp3) is 0.385. The average Bonchev–Trinajstić information content (AvgIpc) is 2.37. The number of hydrogen-bond donors (Lipinski definition) is 1. The van der Waals surface area contributed by atoms with Gasteiger partial charge in [0.15, 0.2) is 0 Å². The van der Waals surface area contributed by atoms with Crippen LogP contribution in [-0.4, -0.2) is 43.3 Å². The van der Waals surface area contributed by atoms with E-state index in [1.165, 1.54) is 0 Å². The summed E-state index contributed by atoms with van der Waals surface area (Å²) in [7, 11) is 3.62. The van der Waals surface area contributed by atoms with Crippen LogP contribution in [0, 0.1) is 0 Å². The second kappa shape index (κ2) is 4.42. The van der Waals surface area contributed by atoms with E-state index in [9.17, 15) is 0 Å². The molecule has 1 N–H and O–H groups in total. The molecule has 2 aromatic heterocycles. The minimum atomic E-state index is 0.568. The Morgan fingerprint density at radius 2 is 2.17 bits per heavy atom. The summed E-state index contributed by atoms with van der Waals surface area (Å²) in [6, 6.07) is 6.37. The average molecular weight is 244 g/mol. The molecule has 3 heterocycles. The summed E-state index contributed by atoms with van der Waals surface area (Å²) in [5.74, 6) is 0.627. The Hall–Kier alpha value is -1.88. The Kier molecular flexibility index (Phi) is 2.76. The molecule has 0 radical (unpaired) electrons. The Bertz CT molecular complexity index is 566. The van der Waals surface area contributed by atoms with Gasteiger partial charge in [0.2, 0.25) is 5.88 Å². The van der Waals surface area contributed by atoms with Gasteiger partial charge in [-0.1, -0.05) is 0 Å². The van der Waals surface area contributed by atoms with E-state index < -0.39 is 0 Å². The molecule has 5 heteroatoms. The van der Waals surface area contributed by atoms with Crippen LogP contribution in [-0.2, 0) is 0 Å². The number of anilines is 1. The number of rotatable bonds is 3. The van der Waals surface area contributed by atoms with E-state index in [4.69, 9.17) is 4.74 Å². The normalized spacial score (nSPS) is 15.8. The lowest BCUT2D eigenvalue weighted by Gasteiger charge is -2.41. The summed E-state index contributed by atoms with van der Waals surface area (Å²) in [4.78, 5) is 11.1. The van der Waals surface area contributed by atoms with Gasteiger partial charge in [-0.15, -0.1) is 0 Å². The van der Waals surface area contributed by atoms with Gasteiger partial charge in [-0.25, -0.2) is 4.98 Å². The van der Waals surface area contributed by atoms with Crippen molar-refractivity contribution in [2.24, 2.45) is 0 Å². The van der Waals surface area contributed by atoms with E-state index in [1.54, 1.807) is 7.11 Å². The molecular weight excluding hydrogens is 228 g/mol. The van der Waals surface area contributed by atoms with Crippen LogP contribution in [0.15, 0.2) is 24.4 Å². The lowest BCUT2D eigenvalue weighted by atomic mass is 10.1. The first-order valence-electron chi connectivity index (χ1n) is 6.04. The molecule has 1 saturated heterocycles. The van der Waals surface area contributed by atoms with Crippen LogP contribution >= 0.6 is 0 Å². The topological polar surface area (TPSA) is 50.3 Å². The highest BCUT2D eigenvalue weighted by Crippen LogP contribution is 2.28. The number of pyridine rings is 2. The van der Waals surface area contributed by atoms with Crippen LogP contribution in [0.2, 0.25) is 0 Å². The first-order valence-corrected chi connectivity index (χ1v) is 6.04. The molecule has 0 aromatic carbocycles. The number of nitrogens with zero attached hydrogens (tertiary/aromatic N) is 3. The number of methoxy groups -OCH3 is 1. The van der Waals surface area contributed by atoms with Crippen LogP contribution in [0.1, 0.15) is 0 Å². The van der Waals surface area contributed by atoms with Gasteiger partial charge < -0.3 is 15.0 Å². The van der Waals surface area contributed by atoms with Crippen molar-refractivity contribution in [2.75, 3.05) is 32.1 Å². The largest absolute Gasteiger partial charge is 0.481 e. The molecule has 1 fully saturated rings. The van der Waals surface area contributed by atoms with Crippen molar-refractivity contribution in [3.05, 3.63) is 24.4 Å². The minimum absolute atomic E-state index is 0.568. The number of hydrogen-bond acceptors (Lipinski definition) is 5. The summed E-state index contributed by atoms with van der Waals surface area (Å²) in [5.41, 5.74) is 2.94. The molecule has 1 aliphatic heterocycles. The van der Waals surface area contributed by atoms with Gasteiger partial charge in [0.25, 0.3) is 0 Å². The lowest BCUT2D eigenvalue weighted by molar-refractivity contribution is 0.399. The first kappa shape index (κ1) is 11.2. The van der Waals surface area contributed by atoms with Crippen molar-refractivity contribution in [3.8, 4) is 5.88 Å². The fourth-order valence-corrected chi connectivity index (χ4v) is 2.22. The second-order valence-electron chi connectivity index (χ2n) is 4.44. The van der Waals surface area contributed by atoms with E-state index in [0.29, 0.717) is 11.9 Å². The van der Waals surface area contributed by atoms with Crippen molar-refractivity contribution in [1.82, 2.24) is 15.3 Å². The Labute approximate surface area is 106 Å². The van der Waals surface area contributed by atoms with Crippen molar-refractivity contribution in [3.63, 3.8) is 0 Å². The molecule has 0 unspecified atom stereocenters. The van der Waals surface area contributed by atoms with E-state index in [1.807, 2.05) is 31.4 Å². The number of aromatic nitrogens is 2. The first-order chi connectivity index (χ1) is 8.81. The highest BCUT2D eigenvalue weighted by molar-refractivity contribution is 5.88. The molecule has 3 rings (SSSR count). The summed E-state index contributed by atoms with van der Waals surface area (Å²) < 4.78 is 5.18. The van der Waals surface area contributed by atoms with Crippen molar-refractivity contribution in [1.29, 1.82) is 0 Å². The summed E-state index contributed by atoms with van der Waals surface area (Å²) in [5, 5.41) is 3.27. The predicted octanol–water partition coefficient (Wildman–Crippen LogP) is 1.05. The maximum Gasteiger partial charge on any atom is 0.213 e. The van der Waals surface area contributed by atoms with Crippen molar-refractivity contribution < 1.29 is 4.74 Å². The van der Waals surface area contributed by atoms with Crippen molar-refractivity contribution >= 4 is 16.7 Å². The van der Waals surface area contributed by atoms with E-state index in [-0.39, 0.29) is 0 Å². The molecular formula is C13H16N4O. The Morgan fingerprint density at radius 1 is 1.33 bits per heavy atom. The molecule has 94 valence electrons. The molecule has 2 aromatic rings. The standard InChI is InChI=1S/C13H16N4O/c1-14-9-7-17(8-9)11-5-6-15-10-3-4-12(18-2)16-13(10)11/h3-6,9,14H,7-8H2,1-2H3. The molecule has 0 saturated carbocycles. The van der Waals surface area contributed by atoms with Gasteiger partial charge in [-0.2, -0.15) is 0 Å². The highest BCUT2D eigenvalue weighted by Gasteiger charge is 2.26. The zero-order valence-corrected chi connectivity index (χ0v) is 10.6. The quantitative estimate of drug-likeness (QED) is 0.874. The van der Waals surface area contributed by atoms with Crippen LogP contribution in [0.5, 0.6) is 5.88 Å².